The molecule has 0 radical (unpaired) electrons. The van der Waals surface area contributed by atoms with E-state index in [0.717, 1.165) is 22.0 Å². The van der Waals surface area contributed by atoms with Gasteiger partial charge < -0.3 is 4.74 Å². The number of carbonyl (C=O) groups is 1. The summed E-state index contributed by atoms with van der Waals surface area (Å²) in [7, 11) is 0. The lowest BCUT2D eigenvalue weighted by molar-refractivity contribution is 0.0668. The number of allylic oxidation sites excluding steroid dienone is 1. The number of amides is 1. The van der Waals surface area contributed by atoms with Gasteiger partial charge in [0.15, 0.2) is 0 Å². The van der Waals surface area contributed by atoms with Crippen molar-refractivity contribution in [3.8, 4) is 0 Å². The van der Waals surface area contributed by atoms with Gasteiger partial charge in [0.05, 0.1) is 6.04 Å². The molecule has 1 aromatic carbocycles. The summed E-state index contributed by atoms with van der Waals surface area (Å²) in [5.74, 6) is -0.461. The van der Waals surface area contributed by atoms with Crippen LogP contribution < -0.4 is 0 Å². The molecule has 2 aliphatic rings. The molecule has 2 heterocycles. The van der Waals surface area contributed by atoms with E-state index in [4.69, 9.17) is 4.74 Å². The van der Waals surface area contributed by atoms with E-state index in [1.54, 1.807) is 6.07 Å². The van der Waals surface area contributed by atoms with Gasteiger partial charge in [-0.05, 0) is 66.2 Å². The monoisotopic (exact) mass is 444 g/mol. The Morgan fingerprint density at radius 2 is 2.04 bits per heavy atom. The van der Waals surface area contributed by atoms with E-state index in [1.165, 1.54) is 6.20 Å². The van der Waals surface area contributed by atoms with E-state index < -0.39 is 11.5 Å². The smallest absolute Gasteiger partial charge is 0.411 e. The Morgan fingerprint density at radius 1 is 1.29 bits per heavy atom. The van der Waals surface area contributed by atoms with Gasteiger partial charge in [0.25, 0.3) is 0 Å². The van der Waals surface area contributed by atoms with Crippen molar-refractivity contribution in [1.82, 2.24) is 9.88 Å². The molecule has 1 aliphatic carbocycles. The van der Waals surface area contributed by atoms with E-state index in [2.05, 4.69) is 20.9 Å². The summed E-state index contributed by atoms with van der Waals surface area (Å²) in [6.07, 6.45) is 5.31. The summed E-state index contributed by atoms with van der Waals surface area (Å²) in [6.45, 7) is 3.91. The van der Waals surface area contributed by atoms with Crippen LogP contribution in [-0.2, 0) is 4.74 Å². The Kier molecular flexibility index (Phi) is 5.00. The number of hydrogen-bond acceptors (Lipinski definition) is 3. The number of nitrogens with zero attached hydrogens (tertiary/aromatic N) is 2. The van der Waals surface area contributed by atoms with Crippen molar-refractivity contribution in [3.63, 3.8) is 0 Å². The third-order valence-corrected chi connectivity index (χ3v) is 5.98. The topological polar surface area (TPSA) is 42.4 Å². The highest BCUT2D eigenvalue weighted by Crippen LogP contribution is 2.45. The quantitative estimate of drug-likeness (QED) is 0.554. The maximum absolute atomic E-state index is 14.1. The summed E-state index contributed by atoms with van der Waals surface area (Å²) >= 11 is 3.36. The molecule has 4 rings (SSSR count). The van der Waals surface area contributed by atoms with Crippen LogP contribution in [-0.4, -0.2) is 27.6 Å². The molecular formula is C22H22BrFN2O2. The summed E-state index contributed by atoms with van der Waals surface area (Å²) in [5, 5.41) is 0. The second kappa shape index (κ2) is 7.32. The number of hydrogen-bond donors (Lipinski definition) is 0. The molecule has 0 saturated carbocycles. The number of cyclic esters (lactones) is 1. The number of aromatic nitrogens is 1. The zero-order valence-electron chi connectivity index (χ0n) is 15.9. The van der Waals surface area contributed by atoms with Crippen molar-refractivity contribution in [3.05, 3.63) is 70.2 Å². The number of pyridine rings is 1. The van der Waals surface area contributed by atoms with E-state index in [0.29, 0.717) is 18.4 Å². The maximum atomic E-state index is 14.1. The van der Waals surface area contributed by atoms with Crippen LogP contribution in [0.25, 0.3) is 5.57 Å². The molecule has 28 heavy (non-hydrogen) atoms. The van der Waals surface area contributed by atoms with Crippen LogP contribution in [0.2, 0.25) is 0 Å². The average molecular weight is 445 g/mol. The normalized spacial score (nSPS) is 24.1. The molecule has 6 heteroatoms. The van der Waals surface area contributed by atoms with Crippen LogP contribution in [0, 0.1) is 5.95 Å². The highest BCUT2D eigenvalue weighted by atomic mass is 79.9. The van der Waals surface area contributed by atoms with E-state index in [9.17, 15) is 9.18 Å². The third kappa shape index (κ3) is 3.46. The highest BCUT2D eigenvalue weighted by Gasteiger charge is 2.51. The van der Waals surface area contributed by atoms with Crippen LogP contribution in [0.3, 0.4) is 0 Å². The number of carbonyl (C=O) groups excluding carboxylic acids is 1. The average Bonchev–Trinajstić information content (AvgIpc) is 2.93. The highest BCUT2D eigenvalue weighted by molar-refractivity contribution is 9.10. The predicted octanol–water partition coefficient (Wildman–Crippen LogP) is 5.89. The second-order valence-electron chi connectivity index (χ2n) is 7.84. The van der Waals surface area contributed by atoms with E-state index in [-0.39, 0.29) is 18.2 Å². The fourth-order valence-electron chi connectivity index (χ4n) is 4.30. The molecule has 146 valence electrons. The minimum Gasteiger partial charge on any atom is -0.441 e. The fourth-order valence-corrected chi connectivity index (χ4v) is 4.63. The number of halogens is 2. The number of ether oxygens (including phenoxy) is 1. The maximum Gasteiger partial charge on any atom is 0.411 e. The first-order chi connectivity index (χ1) is 13.4. The van der Waals surface area contributed by atoms with Gasteiger partial charge in [-0.25, -0.2) is 9.78 Å². The van der Waals surface area contributed by atoms with Crippen LogP contribution >= 0.6 is 15.9 Å². The number of benzene rings is 1. The van der Waals surface area contributed by atoms with Gasteiger partial charge in [-0.15, -0.1) is 0 Å². The van der Waals surface area contributed by atoms with Gasteiger partial charge >= 0.3 is 6.09 Å². The summed E-state index contributed by atoms with van der Waals surface area (Å²) in [4.78, 5) is 18.4. The molecule has 1 aromatic heterocycles. The molecule has 1 fully saturated rings. The predicted molar refractivity (Wildman–Crippen MR) is 109 cm³/mol. The molecule has 1 saturated heterocycles. The van der Waals surface area contributed by atoms with Crippen molar-refractivity contribution in [2.75, 3.05) is 0 Å². The first kappa shape index (κ1) is 19.1. The largest absolute Gasteiger partial charge is 0.441 e. The summed E-state index contributed by atoms with van der Waals surface area (Å²) < 4.78 is 20.6. The van der Waals surface area contributed by atoms with Gasteiger partial charge in [0, 0.05) is 22.3 Å². The Hall–Kier alpha value is -2.21. The molecule has 1 aliphatic heterocycles. The molecule has 0 unspecified atom stereocenters. The number of rotatable bonds is 3. The first-order valence-corrected chi connectivity index (χ1v) is 10.2. The SMILES string of the molecule is CC1(C)OC(=O)N([C@H]2CC=C(c3cc(Br)cnc3F)CC2)[C@H]1c1ccccc1. The molecule has 0 bridgehead atoms. The van der Waals surface area contributed by atoms with Gasteiger partial charge in [0.2, 0.25) is 5.95 Å². The lowest BCUT2D eigenvalue weighted by Crippen LogP contribution is -2.41. The van der Waals surface area contributed by atoms with Gasteiger partial charge in [-0.2, -0.15) is 4.39 Å². The fraction of sp³-hybridized carbons (Fsp3) is 0.364. The van der Waals surface area contributed by atoms with Crippen LogP contribution in [0.15, 0.2) is 53.1 Å². The molecule has 1 amide bonds. The summed E-state index contributed by atoms with van der Waals surface area (Å²) in [5.41, 5.74) is 1.92. The van der Waals surface area contributed by atoms with Gasteiger partial charge in [-0.1, -0.05) is 36.4 Å². The van der Waals surface area contributed by atoms with Crippen molar-refractivity contribution >= 4 is 27.6 Å². The van der Waals surface area contributed by atoms with Gasteiger partial charge in [0.1, 0.15) is 5.60 Å². The van der Waals surface area contributed by atoms with Crippen LogP contribution in [0.1, 0.15) is 50.3 Å². The van der Waals surface area contributed by atoms with Crippen molar-refractivity contribution in [2.45, 2.75) is 50.8 Å². The Bertz CT molecular complexity index is 929. The van der Waals surface area contributed by atoms with E-state index in [1.807, 2.05) is 55.2 Å². The minimum atomic E-state index is -0.608. The van der Waals surface area contributed by atoms with Gasteiger partial charge in [-0.3, -0.25) is 4.90 Å². The molecular weight excluding hydrogens is 423 g/mol. The zero-order valence-corrected chi connectivity index (χ0v) is 17.4. The minimum absolute atomic E-state index is 0.0198. The van der Waals surface area contributed by atoms with Crippen molar-refractivity contribution < 1.29 is 13.9 Å². The lowest BCUT2D eigenvalue weighted by atomic mass is 9.86. The van der Waals surface area contributed by atoms with Crippen LogP contribution in [0.5, 0.6) is 0 Å². The zero-order chi connectivity index (χ0) is 19.9. The van der Waals surface area contributed by atoms with E-state index >= 15 is 0 Å². The summed E-state index contributed by atoms with van der Waals surface area (Å²) in [6, 6.07) is 11.6. The molecule has 2 aromatic rings. The standard InChI is InChI=1S/C22H22BrFN2O2/c1-22(2)19(15-6-4-3-5-7-15)26(21(27)28-22)17-10-8-14(9-11-17)18-12-16(23)13-25-20(18)24/h3-8,12-13,17,19H,9-11H2,1-2H3/t17-,19-/m0/s1. The first-order valence-electron chi connectivity index (χ1n) is 9.43. The Labute approximate surface area is 172 Å². The molecule has 0 N–H and O–H groups in total. The second-order valence-corrected chi connectivity index (χ2v) is 8.76. The Balaban J connectivity index is 1.61. The molecule has 0 spiro atoms. The lowest BCUT2D eigenvalue weighted by Gasteiger charge is -2.36. The van der Waals surface area contributed by atoms with Crippen LogP contribution in [0.4, 0.5) is 9.18 Å². The Morgan fingerprint density at radius 3 is 2.71 bits per heavy atom. The van der Waals surface area contributed by atoms with Crippen molar-refractivity contribution in [1.29, 1.82) is 0 Å². The van der Waals surface area contributed by atoms with Crippen molar-refractivity contribution in [2.24, 2.45) is 0 Å². The molecule has 4 nitrogen and oxygen atoms in total. The third-order valence-electron chi connectivity index (χ3n) is 5.54. The molecule has 2 atom stereocenters.